The van der Waals surface area contributed by atoms with E-state index < -0.39 is 0 Å². The van der Waals surface area contributed by atoms with E-state index in [-0.39, 0.29) is 13.7 Å². The van der Waals surface area contributed by atoms with Gasteiger partial charge in [-0.3, -0.25) is 4.79 Å². The molecule has 0 bridgehead atoms. The molecule has 0 amide bonds. The molecule has 138 valence electrons. The van der Waals surface area contributed by atoms with Crippen LogP contribution in [0.2, 0.25) is 0 Å². The minimum Gasteiger partial charge on any atom is -0.293 e. The Labute approximate surface area is 158 Å². The van der Waals surface area contributed by atoms with Gasteiger partial charge in [0.25, 0.3) is 0 Å². The number of hydrogen-bond acceptors (Lipinski definition) is 2. The monoisotopic (exact) mass is 367 g/mol. The number of fused-ring (bicyclic) bond motifs is 1. The van der Waals surface area contributed by atoms with E-state index in [1.807, 2.05) is 6.07 Å². The number of benzene rings is 1. The van der Waals surface area contributed by atoms with Gasteiger partial charge in [0.15, 0.2) is 5.78 Å². The maximum Gasteiger partial charge on any atom is 0.178 e. The first-order valence-corrected chi connectivity index (χ1v) is 11.9. The Morgan fingerprint density at radius 1 is 0.885 bits per heavy atom. The lowest BCUT2D eigenvalue weighted by molar-refractivity contribution is 0.101. The Bertz CT molecular complexity index is 757. The second-order valence-corrected chi connectivity index (χ2v) is 10.8. The van der Waals surface area contributed by atoms with Crippen molar-refractivity contribution in [1.82, 2.24) is 4.98 Å². The highest BCUT2D eigenvalue weighted by atomic mass is 31.1. The molecule has 1 aromatic carbocycles. The van der Waals surface area contributed by atoms with E-state index in [2.05, 4.69) is 24.3 Å². The standard InChI is InChI=1S/C23H30NOP/c1-17(25)21-16-15-18-9-8-14-22(23(18)24-21)26(19-10-4-2-5-11-19)20-12-6-3-7-13-20/h8-9,14-16,19-20H,2-7,10-13H2,1H3. The molecule has 0 spiro atoms. The molecule has 1 aromatic heterocycles. The molecular formula is C23H30NOP. The summed E-state index contributed by atoms with van der Waals surface area (Å²) in [4.78, 5) is 16.8. The van der Waals surface area contributed by atoms with Crippen LogP contribution < -0.4 is 5.30 Å². The summed E-state index contributed by atoms with van der Waals surface area (Å²) >= 11 is 0. The van der Waals surface area contributed by atoms with Crippen LogP contribution in [-0.2, 0) is 0 Å². The first-order chi connectivity index (χ1) is 12.7. The van der Waals surface area contributed by atoms with E-state index in [0.717, 1.165) is 16.8 Å². The lowest BCUT2D eigenvalue weighted by Crippen LogP contribution is -2.27. The number of carbonyl (C=O) groups is 1. The molecule has 0 unspecified atom stereocenters. The van der Waals surface area contributed by atoms with E-state index in [1.165, 1.54) is 74.9 Å². The number of ketones is 1. The first-order valence-electron chi connectivity index (χ1n) is 10.4. The third-order valence-corrected chi connectivity index (χ3v) is 9.80. The highest BCUT2D eigenvalue weighted by molar-refractivity contribution is 7.67. The van der Waals surface area contributed by atoms with E-state index in [1.54, 1.807) is 6.92 Å². The zero-order valence-corrected chi connectivity index (χ0v) is 16.8. The molecule has 2 aliphatic carbocycles. The van der Waals surface area contributed by atoms with Crippen molar-refractivity contribution in [3.8, 4) is 0 Å². The molecule has 4 rings (SSSR count). The van der Waals surface area contributed by atoms with Crippen molar-refractivity contribution in [3.05, 3.63) is 36.0 Å². The van der Waals surface area contributed by atoms with E-state index >= 15 is 0 Å². The number of pyridine rings is 1. The molecule has 2 fully saturated rings. The van der Waals surface area contributed by atoms with Crippen LogP contribution in [-0.4, -0.2) is 22.1 Å². The third kappa shape index (κ3) is 3.72. The fourth-order valence-corrected chi connectivity index (χ4v) is 8.85. The number of Topliss-reactive ketones (excluding diaryl/α,β-unsaturated/α-hetero) is 1. The van der Waals surface area contributed by atoms with Crippen molar-refractivity contribution >= 4 is 29.9 Å². The maximum absolute atomic E-state index is 11.9. The summed E-state index contributed by atoms with van der Waals surface area (Å²) in [6.45, 7) is 1.63. The summed E-state index contributed by atoms with van der Waals surface area (Å²) in [5.74, 6) is 0.0707. The normalized spacial score (nSPS) is 19.9. The molecule has 3 heteroatoms. The van der Waals surface area contributed by atoms with Crippen LogP contribution in [0.5, 0.6) is 0 Å². The molecule has 2 aromatic rings. The van der Waals surface area contributed by atoms with Crippen molar-refractivity contribution < 1.29 is 4.79 Å². The Balaban J connectivity index is 1.80. The number of aromatic nitrogens is 1. The summed E-state index contributed by atoms with van der Waals surface area (Å²) in [6.07, 6.45) is 14.0. The zero-order chi connectivity index (χ0) is 17.9. The summed E-state index contributed by atoms with van der Waals surface area (Å²) in [6, 6.07) is 10.7. The van der Waals surface area contributed by atoms with Crippen molar-refractivity contribution in [2.24, 2.45) is 0 Å². The van der Waals surface area contributed by atoms with Gasteiger partial charge in [0.2, 0.25) is 0 Å². The van der Waals surface area contributed by atoms with Gasteiger partial charge in [0, 0.05) is 17.6 Å². The fraction of sp³-hybridized carbons (Fsp3) is 0.565. The minimum absolute atomic E-state index is 0.0707. The van der Waals surface area contributed by atoms with Crippen LogP contribution in [0.1, 0.15) is 81.6 Å². The molecule has 2 nitrogen and oxygen atoms in total. The average Bonchev–Trinajstić information content (AvgIpc) is 2.69. The summed E-state index contributed by atoms with van der Waals surface area (Å²) in [7, 11) is -0.197. The Morgan fingerprint density at radius 3 is 2.08 bits per heavy atom. The minimum atomic E-state index is -0.197. The second-order valence-electron chi connectivity index (χ2n) is 8.09. The fourth-order valence-electron chi connectivity index (χ4n) is 4.95. The van der Waals surface area contributed by atoms with Gasteiger partial charge >= 0.3 is 0 Å². The number of rotatable bonds is 4. The summed E-state index contributed by atoms with van der Waals surface area (Å²) in [5.41, 5.74) is 3.44. The first kappa shape index (κ1) is 18.1. The number of para-hydroxylation sites is 1. The predicted molar refractivity (Wildman–Crippen MR) is 112 cm³/mol. The largest absolute Gasteiger partial charge is 0.293 e. The van der Waals surface area contributed by atoms with Crippen LogP contribution in [0.4, 0.5) is 0 Å². The topological polar surface area (TPSA) is 30.0 Å². The van der Waals surface area contributed by atoms with Crippen LogP contribution in [0, 0.1) is 0 Å². The maximum atomic E-state index is 11.9. The Morgan fingerprint density at radius 2 is 1.50 bits per heavy atom. The Kier molecular flexibility index (Phi) is 5.69. The van der Waals surface area contributed by atoms with E-state index in [9.17, 15) is 4.79 Å². The Hall–Kier alpha value is -1.27. The number of hydrogen-bond donors (Lipinski definition) is 0. The van der Waals surface area contributed by atoms with Gasteiger partial charge < -0.3 is 0 Å². The number of nitrogens with zero attached hydrogens (tertiary/aromatic N) is 1. The summed E-state index contributed by atoms with van der Waals surface area (Å²) < 4.78 is 0. The molecular weight excluding hydrogens is 337 g/mol. The smallest absolute Gasteiger partial charge is 0.178 e. The van der Waals surface area contributed by atoms with Gasteiger partial charge in [-0.05, 0) is 43.1 Å². The van der Waals surface area contributed by atoms with Crippen LogP contribution in [0.25, 0.3) is 10.9 Å². The quantitative estimate of drug-likeness (QED) is 0.475. The molecule has 2 aliphatic rings. The molecule has 0 atom stereocenters. The molecule has 0 N–H and O–H groups in total. The van der Waals surface area contributed by atoms with Crippen LogP contribution in [0.15, 0.2) is 30.3 Å². The predicted octanol–water partition coefficient (Wildman–Crippen LogP) is 6.21. The highest BCUT2D eigenvalue weighted by Gasteiger charge is 2.33. The van der Waals surface area contributed by atoms with E-state index in [0.29, 0.717) is 5.69 Å². The van der Waals surface area contributed by atoms with Crippen molar-refractivity contribution in [2.75, 3.05) is 0 Å². The average molecular weight is 367 g/mol. The summed E-state index contributed by atoms with van der Waals surface area (Å²) in [5, 5.41) is 2.69. The van der Waals surface area contributed by atoms with Crippen LogP contribution in [0.3, 0.4) is 0 Å². The molecule has 1 heterocycles. The lowest BCUT2D eigenvalue weighted by atomic mass is 9.99. The van der Waals surface area contributed by atoms with Gasteiger partial charge in [-0.2, -0.15) is 0 Å². The molecule has 26 heavy (non-hydrogen) atoms. The lowest BCUT2D eigenvalue weighted by Gasteiger charge is -2.39. The van der Waals surface area contributed by atoms with Gasteiger partial charge in [0.1, 0.15) is 5.69 Å². The van der Waals surface area contributed by atoms with Crippen molar-refractivity contribution in [3.63, 3.8) is 0 Å². The van der Waals surface area contributed by atoms with Crippen LogP contribution >= 0.6 is 7.92 Å². The van der Waals surface area contributed by atoms with Crippen molar-refractivity contribution in [1.29, 1.82) is 0 Å². The SMILES string of the molecule is CC(=O)c1ccc2cccc(P(C3CCCCC3)C3CCCCC3)c2n1. The van der Waals surface area contributed by atoms with Gasteiger partial charge in [-0.1, -0.05) is 70.7 Å². The molecule has 0 saturated heterocycles. The van der Waals surface area contributed by atoms with E-state index in [4.69, 9.17) is 4.98 Å². The third-order valence-electron chi connectivity index (χ3n) is 6.27. The molecule has 2 saturated carbocycles. The van der Waals surface area contributed by atoms with Gasteiger partial charge in [-0.25, -0.2) is 4.98 Å². The second kappa shape index (κ2) is 8.17. The molecule has 0 radical (unpaired) electrons. The van der Waals surface area contributed by atoms with Gasteiger partial charge in [-0.15, -0.1) is 0 Å². The molecule has 0 aliphatic heterocycles. The zero-order valence-electron chi connectivity index (χ0n) is 15.9. The number of carbonyl (C=O) groups excluding carboxylic acids is 1. The van der Waals surface area contributed by atoms with Crippen molar-refractivity contribution in [2.45, 2.75) is 82.4 Å². The highest BCUT2D eigenvalue weighted by Crippen LogP contribution is 2.55. The van der Waals surface area contributed by atoms with Gasteiger partial charge in [0.05, 0.1) is 5.52 Å².